The maximum absolute atomic E-state index is 12.1. The summed E-state index contributed by atoms with van der Waals surface area (Å²) in [6.45, 7) is 12.2. The van der Waals surface area contributed by atoms with Gasteiger partial charge in [0, 0.05) is 12.3 Å². The third-order valence-electron chi connectivity index (χ3n) is 5.47. The summed E-state index contributed by atoms with van der Waals surface area (Å²) in [5.74, 6) is -1.96. The van der Waals surface area contributed by atoms with Crippen molar-refractivity contribution < 1.29 is 38.2 Å². The smallest absolute Gasteiger partial charge is 0.411 e. The van der Waals surface area contributed by atoms with E-state index in [1.807, 2.05) is 0 Å². The summed E-state index contributed by atoms with van der Waals surface area (Å²) in [5.41, 5.74) is -0.697. The zero-order valence-corrected chi connectivity index (χ0v) is 20.1. The molecule has 2 rings (SSSR count). The van der Waals surface area contributed by atoms with Crippen LogP contribution in [0.1, 0.15) is 46.5 Å². The monoisotopic (exact) mass is 465 g/mol. The minimum absolute atomic E-state index is 0.146. The van der Waals surface area contributed by atoms with E-state index in [2.05, 4.69) is 17.9 Å². The number of amides is 1. The molecular weight excluding hydrogens is 430 g/mol. The number of carbonyl (C=O) groups excluding carboxylic acids is 5. The molecule has 1 aliphatic heterocycles. The molecule has 0 bridgehead atoms. The van der Waals surface area contributed by atoms with Gasteiger partial charge in [-0.05, 0) is 40.0 Å². The third kappa shape index (κ3) is 7.54. The van der Waals surface area contributed by atoms with Crippen LogP contribution in [0.4, 0.5) is 4.79 Å². The van der Waals surface area contributed by atoms with Crippen LogP contribution in [0.15, 0.2) is 25.3 Å². The van der Waals surface area contributed by atoms with Crippen LogP contribution in [0.3, 0.4) is 0 Å². The number of hydrogen-bond donors (Lipinski definition) is 0. The van der Waals surface area contributed by atoms with Crippen molar-refractivity contribution in [2.75, 3.05) is 20.8 Å². The van der Waals surface area contributed by atoms with Crippen LogP contribution >= 0.6 is 0 Å². The molecule has 184 valence electrons. The van der Waals surface area contributed by atoms with E-state index in [1.165, 1.54) is 14.2 Å². The first-order valence-corrected chi connectivity index (χ1v) is 10.8. The lowest BCUT2D eigenvalue weighted by Crippen LogP contribution is -2.46. The molecule has 2 unspecified atom stereocenters. The largest absolute Gasteiger partial charge is 0.469 e. The first-order chi connectivity index (χ1) is 15.4. The number of allylic oxidation sites excluding steroid dienone is 2. The van der Waals surface area contributed by atoms with Crippen LogP contribution in [-0.4, -0.2) is 66.9 Å². The number of methoxy groups -OCH3 is 2. The summed E-state index contributed by atoms with van der Waals surface area (Å²) in [6, 6.07) is -0.944. The second kappa shape index (κ2) is 12.3. The minimum Gasteiger partial charge on any atom is -0.469 e. The first-order valence-electron chi connectivity index (χ1n) is 10.8. The van der Waals surface area contributed by atoms with E-state index in [1.54, 1.807) is 32.9 Å². The van der Waals surface area contributed by atoms with E-state index < -0.39 is 29.6 Å². The molecule has 0 aromatic heterocycles. The number of hydrogen-bond acceptors (Lipinski definition) is 8. The molecule has 9 heteroatoms. The molecule has 33 heavy (non-hydrogen) atoms. The molecule has 0 aromatic rings. The van der Waals surface area contributed by atoms with Gasteiger partial charge in [-0.1, -0.05) is 12.2 Å². The SMILES string of the molecule is C=CCC1C(=O)CC[C@@H]1C(=O)OC.C=CCC1C(=O)CN(C(=O)OC(C)(C)C)[C@@H]1C(=O)OC. The van der Waals surface area contributed by atoms with E-state index in [4.69, 9.17) is 9.47 Å². The highest BCUT2D eigenvalue weighted by molar-refractivity contribution is 5.97. The van der Waals surface area contributed by atoms with Crippen LogP contribution in [0, 0.1) is 17.8 Å². The maximum Gasteiger partial charge on any atom is 0.411 e. The molecule has 4 atom stereocenters. The van der Waals surface area contributed by atoms with Crippen molar-refractivity contribution in [2.24, 2.45) is 17.8 Å². The Morgan fingerprint density at radius 3 is 2.00 bits per heavy atom. The van der Waals surface area contributed by atoms with E-state index in [9.17, 15) is 24.0 Å². The molecule has 0 aromatic carbocycles. The van der Waals surface area contributed by atoms with Crippen molar-refractivity contribution in [3.8, 4) is 0 Å². The average molecular weight is 466 g/mol. The number of nitrogens with zero attached hydrogens (tertiary/aromatic N) is 1. The van der Waals surface area contributed by atoms with Crippen LogP contribution in [0.25, 0.3) is 0 Å². The van der Waals surface area contributed by atoms with Gasteiger partial charge < -0.3 is 14.2 Å². The molecule has 1 aliphatic carbocycles. The molecular formula is C24H35NO8. The molecule has 1 saturated heterocycles. The maximum atomic E-state index is 12.1. The quantitative estimate of drug-likeness (QED) is 0.334. The first kappa shape index (κ1) is 28.1. The number of rotatable bonds is 6. The lowest BCUT2D eigenvalue weighted by molar-refractivity contribution is -0.148. The van der Waals surface area contributed by atoms with Gasteiger partial charge in [-0.3, -0.25) is 19.3 Å². The standard InChI is InChI=1S/C14H21NO5.C10H14O3/c1-6-7-9-10(16)8-15(11(9)12(17)19-5)13(18)20-14(2,3)4;1-3-4-7-8(10(12)13-2)5-6-9(7)11/h6,9,11H,1,7-8H2,2-5H3;3,7-8H,1,4-6H2,2H3/t9?,11-;7?,8-/m00/s1. The van der Waals surface area contributed by atoms with Gasteiger partial charge in [-0.2, -0.15) is 0 Å². The van der Waals surface area contributed by atoms with Gasteiger partial charge in [0.05, 0.1) is 32.6 Å². The van der Waals surface area contributed by atoms with E-state index >= 15 is 0 Å². The van der Waals surface area contributed by atoms with Crippen molar-refractivity contribution in [3.05, 3.63) is 25.3 Å². The topological polar surface area (TPSA) is 116 Å². The van der Waals surface area contributed by atoms with E-state index in [0.717, 1.165) is 4.90 Å². The van der Waals surface area contributed by atoms with Crippen molar-refractivity contribution >= 4 is 29.6 Å². The van der Waals surface area contributed by atoms with Gasteiger partial charge in [0.1, 0.15) is 17.4 Å². The van der Waals surface area contributed by atoms with Crippen LogP contribution in [0.2, 0.25) is 0 Å². The molecule has 2 fully saturated rings. The average Bonchev–Trinajstić information content (AvgIpc) is 3.27. The van der Waals surface area contributed by atoms with Gasteiger partial charge in [-0.15, -0.1) is 13.2 Å². The molecule has 0 N–H and O–H groups in total. The van der Waals surface area contributed by atoms with Crippen LogP contribution in [-0.2, 0) is 33.4 Å². The summed E-state index contributed by atoms with van der Waals surface area (Å²) in [7, 11) is 2.58. The third-order valence-corrected chi connectivity index (χ3v) is 5.47. The lowest BCUT2D eigenvalue weighted by Gasteiger charge is -2.28. The normalized spacial score (nSPS) is 24.5. The highest BCUT2D eigenvalue weighted by atomic mass is 16.6. The summed E-state index contributed by atoms with van der Waals surface area (Å²) < 4.78 is 14.6. The van der Waals surface area contributed by atoms with Crippen molar-refractivity contribution in [1.29, 1.82) is 0 Å². The highest BCUT2D eigenvalue weighted by Crippen LogP contribution is 2.32. The number of carbonyl (C=O) groups is 5. The minimum atomic E-state index is -0.944. The van der Waals surface area contributed by atoms with E-state index in [-0.39, 0.29) is 35.9 Å². The Labute approximate surface area is 195 Å². The Morgan fingerprint density at radius 2 is 1.52 bits per heavy atom. The van der Waals surface area contributed by atoms with Crippen molar-refractivity contribution in [3.63, 3.8) is 0 Å². The molecule has 0 spiro atoms. The summed E-state index contributed by atoms with van der Waals surface area (Å²) in [5, 5.41) is 0. The Hall–Kier alpha value is -2.97. The fourth-order valence-electron chi connectivity index (χ4n) is 3.95. The summed E-state index contributed by atoms with van der Waals surface area (Å²) in [4.78, 5) is 59.7. The van der Waals surface area contributed by atoms with Crippen LogP contribution < -0.4 is 0 Å². The van der Waals surface area contributed by atoms with Gasteiger partial charge in [-0.25, -0.2) is 9.59 Å². The Bertz CT molecular complexity index is 782. The summed E-state index contributed by atoms with van der Waals surface area (Å²) in [6.07, 6.45) is 4.58. The van der Waals surface area contributed by atoms with Gasteiger partial charge in [0.2, 0.25) is 0 Å². The van der Waals surface area contributed by atoms with E-state index in [0.29, 0.717) is 25.7 Å². The molecule has 9 nitrogen and oxygen atoms in total. The lowest BCUT2D eigenvalue weighted by atomic mass is 9.92. The summed E-state index contributed by atoms with van der Waals surface area (Å²) >= 11 is 0. The second-order valence-electron chi connectivity index (χ2n) is 8.94. The Kier molecular flexibility index (Phi) is 10.5. The number of ketones is 2. The number of ether oxygens (including phenoxy) is 3. The molecule has 1 saturated carbocycles. The fourth-order valence-corrected chi connectivity index (χ4v) is 3.95. The van der Waals surface area contributed by atoms with Gasteiger partial charge in [0.15, 0.2) is 5.78 Å². The highest BCUT2D eigenvalue weighted by Gasteiger charge is 2.48. The predicted molar refractivity (Wildman–Crippen MR) is 120 cm³/mol. The zero-order chi connectivity index (χ0) is 25.3. The molecule has 1 amide bonds. The second-order valence-corrected chi connectivity index (χ2v) is 8.94. The molecule has 0 radical (unpaired) electrons. The zero-order valence-electron chi connectivity index (χ0n) is 20.1. The van der Waals surface area contributed by atoms with Crippen molar-refractivity contribution in [1.82, 2.24) is 4.90 Å². The van der Waals surface area contributed by atoms with Crippen molar-refractivity contribution in [2.45, 2.75) is 58.1 Å². The number of Topliss-reactive ketones (excluding diaryl/α,β-unsaturated/α-hetero) is 2. The predicted octanol–water partition coefficient (Wildman–Crippen LogP) is 2.87. The molecule has 1 heterocycles. The van der Waals surface area contributed by atoms with Gasteiger partial charge in [0.25, 0.3) is 0 Å². The fraction of sp³-hybridized carbons (Fsp3) is 0.625. The Balaban J connectivity index is 0.000000361. The number of likely N-dealkylation sites (tertiary alicyclic amines) is 1. The number of esters is 2. The Morgan fingerprint density at radius 1 is 0.970 bits per heavy atom. The van der Waals surface area contributed by atoms with Crippen LogP contribution in [0.5, 0.6) is 0 Å². The molecule has 2 aliphatic rings. The van der Waals surface area contributed by atoms with Gasteiger partial charge >= 0.3 is 18.0 Å².